The van der Waals surface area contributed by atoms with Gasteiger partial charge in [0.05, 0.1) is 12.3 Å². The van der Waals surface area contributed by atoms with Crippen molar-refractivity contribution in [3.63, 3.8) is 0 Å². The molecule has 1 amide bonds. The normalized spacial score (nSPS) is 11.4. The first-order chi connectivity index (χ1) is 10.9. The summed E-state index contributed by atoms with van der Waals surface area (Å²) >= 11 is 0. The van der Waals surface area contributed by atoms with Crippen LogP contribution in [-0.2, 0) is 14.8 Å². The Morgan fingerprint density at radius 3 is 2.48 bits per heavy atom. The van der Waals surface area contributed by atoms with Crippen molar-refractivity contribution in [2.45, 2.75) is 52.4 Å². The highest BCUT2D eigenvalue weighted by molar-refractivity contribution is 7.89. The number of anilines is 1. The summed E-state index contributed by atoms with van der Waals surface area (Å²) in [6, 6.07) is 7.38. The lowest BCUT2D eigenvalue weighted by Crippen LogP contribution is -2.34. The second kappa shape index (κ2) is 10.4. The van der Waals surface area contributed by atoms with Crippen LogP contribution in [-0.4, -0.2) is 26.6 Å². The fourth-order valence-electron chi connectivity index (χ4n) is 2.25. The fourth-order valence-corrected chi connectivity index (χ4v) is 3.33. The van der Waals surface area contributed by atoms with Crippen LogP contribution in [0.4, 0.5) is 5.69 Å². The second-order valence-corrected chi connectivity index (χ2v) is 7.75. The average Bonchev–Trinajstić information content (AvgIpc) is 2.49. The van der Waals surface area contributed by atoms with Crippen molar-refractivity contribution >= 4 is 21.6 Å². The monoisotopic (exact) mass is 340 g/mol. The van der Waals surface area contributed by atoms with Gasteiger partial charge < -0.3 is 5.32 Å². The van der Waals surface area contributed by atoms with E-state index >= 15 is 0 Å². The average molecular weight is 340 g/mol. The summed E-state index contributed by atoms with van der Waals surface area (Å²) < 4.78 is 26.0. The number of hydrogen-bond acceptors (Lipinski definition) is 3. The Morgan fingerprint density at radius 2 is 1.78 bits per heavy atom. The summed E-state index contributed by atoms with van der Waals surface area (Å²) in [5.41, 5.74) is 1.71. The highest BCUT2D eigenvalue weighted by Crippen LogP contribution is 2.09. The van der Waals surface area contributed by atoms with Gasteiger partial charge in [0, 0.05) is 5.69 Å². The highest BCUT2D eigenvalue weighted by atomic mass is 32.2. The number of sulfonamides is 1. The third-order valence-corrected chi connectivity index (χ3v) is 4.93. The molecule has 0 bridgehead atoms. The Labute approximate surface area is 139 Å². The Balaban J connectivity index is 2.25. The van der Waals surface area contributed by atoms with E-state index in [1.165, 1.54) is 12.8 Å². The Hall–Kier alpha value is -1.40. The maximum absolute atomic E-state index is 11.8. The van der Waals surface area contributed by atoms with Crippen molar-refractivity contribution in [1.29, 1.82) is 0 Å². The zero-order chi connectivity index (χ0) is 17.1. The standard InChI is InChI=1S/C17H28N2O3S/c1-3-4-5-6-7-8-12-23(21,22)18-14-17(20)19-16-11-9-10-15(2)13-16/h9-11,13,18H,3-8,12,14H2,1-2H3,(H,19,20). The molecule has 0 aliphatic heterocycles. The molecule has 0 aliphatic carbocycles. The smallest absolute Gasteiger partial charge is 0.239 e. The van der Waals surface area contributed by atoms with Gasteiger partial charge in [-0.3, -0.25) is 4.79 Å². The van der Waals surface area contributed by atoms with Gasteiger partial charge >= 0.3 is 0 Å². The van der Waals surface area contributed by atoms with Gasteiger partial charge in [0.25, 0.3) is 0 Å². The molecule has 0 aliphatic rings. The number of amides is 1. The molecule has 0 fully saturated rings. The molecular weight excluding hydrogens is 312 g/mol. The van der Waals surface area contributed by atoms with Gasteiger partial charge in [-0.15, -0.1) is 0 Å². The molecule has 1 aromatic carbocycles. The third kappa shape index (κ3) is 9.36. The van der Waals surface area contributed by atoms with E-state index in [0.29, 0.717) is 12.1 Å². The van der Waals surface area contributed by atoms with Crippen LogP contribution in [0.5, 0.6) is 0 Å². The van der Waals surface area contributed by atoms with Gasteiger partial charge in [-0.05, 0) is 31.0 Å². The minimum absolute atomic E-state index is 0.0802. The summed E-state index contributed by atoms with van der Waals surface area (Å²) in [6.45, 7) is 3.85. The van der Waals surface area contributed by atoms with E-state index in [2.05, 4.69) is 17.0 Å². The molecule has 0 radical (unpaired) electrons. The highest BCUT2D eigenvalue weighted by Gasteiger charge is 2.12. The molecule has 0 atom stereocenters. The van der Waals surface area contributed by atoms with Crippen molar-refractivity contribution in [2.75, 3.05) is 17.6 Å². The van der Waals surface area contributed by atoms with E-state index in [-0.39, 0.29) is 18.2 Å². The molecule has 0 aromatic heterocycles. The topological polar surface area (TPSA) is 75.3 Å². The SMILES string of the molecule is CCCCCCCCS(=O)(=O)NCC(=O)Nc1cccc(C)c1. The van der Waals surface area contributed by atoms with Gasteiger partial charge in [0.15, 0.2) is 0 Å². The summed E-state index contributed by atoms with van der Waals surface area (Å²) in [4.78, 5) is 11.8. The van der Waals surface area contributed by atoms with E-state index in [0.717, 1.165) is 24.8 Å². The van der Waals surface area contributed by atoms with Crippen molar-refractivity contribution in [3.8, 4) is 0 Å². The largest absolute Gasteiger partial charge is 0.325 e. The number of benzene rings is 1. The summed E-state index contributed by atoms with van der Waals surface area (Å²) in [5.74, 6) is -0.279. The van der Waals surface area contributed by atoms with Gasteiger partial charge in [-0.1, -0.05) is 51.2 Å². The molecule has 0 saturated carbocycles. The summed E-state index contributed by atoms with van der Waals surface area (Å²) in [6.07, 6.45) is 6.15. The van der Waals surface area contributed by atoms with Crippen molar-refractivity contribution in [2.24, 2.45) is 0 Å². The van der Waals surface area contributed by atoms with Gasteiger partial charge in [-0.25, -0.2) is 13.1 Å². The van der Waals surface area contributed by atoms with Gasteiger partial charge in [0.1, 0.15) is 0 Å². The van der Waals surface area contributed by atoms with Crippen molar-refractivity contribution in [1.82, 2.24) is 4.72 Å². The minimum Gasteiger partial charge on any atom is -0.325 e. The predicted molar refractivity (Wildman–Crippen MR) is 95.0 cm³/mol. The number of carbonyl (C=O) groups excluding carboxylic acids is 1. The summed E-state index contributed by atoms with van der Waals surface area (Å²) in [7, 11) is -3.38. The number of hydrogen-bond donors (Lipinski definition) is 2. The lowest BCUT2D eigenvalue weighted by molar-refractivity contribution is -0.115. The van der Waals surface area contributed by atoms with Crippen LogP contribution in [0.15, 0.2) is 24.3 Å². The molecule has 1 aromatic rings. The van der Waals surface area contributed by atoms with Crippen LogP contribution in [0, 0.1) is 6.92 Å². The van der Waals surface area contributed by atoms with Crippen LogP contribution in [0.3, 0.4) is 0 Å². The lowest BCUT2D eigenvalue weighted by atomic mass is 10.1. The van der Waals surface area contributed by atoms with E-state index in [1.54, 1.807) is 6.07 Å². The van der Waals surface area contributed by atoms with Crippen LogP contribution >= 0.6 is 0 Å². The molecule has 130 valence electrons. The van der Waals surface area contributed by atoms with Gasteiger partial charge in [0.2, 0.25) is 15.9 Å². The molecule has 6 heteroatoms. The first kappa shape index (κ1) is 19.6. The molecule has 0 saturated heterocycles. The molecular formula is C17H28N2O3S. The zero-order valence-corrected chi connectivity index (χ0v) is 14.9. The minimum atomic E-state index is -3.38. The van der Waals surface area contributed by atoms with Crippen molar-refractivity contribution < 1.29 is 13.2 Å². The Bertz CT molecular complexity index is 585. The summed E-state index contributed by atoms with van der Waals surface area (Å²) in [5, 5.41) is 2.68. The fraction of sp³-hybridized carbons (Fsp3) is 0.588. The van der Waals surface area contributed by atoms with E-state index in [4.69, 9.17) is 0 Å². The molecule has 5 nitrogen and oxygen atoms in total. The number of carbonyl (C=O) groups is 1. The molecule has 0 heterocycles. The number of nitrogens with one attached hydrogen (secondary N) is 2. The van der Waals surface area contributed by atoms with E-state index in [1.807, 2.05) is 25.1 Å². The zero-order valence-electron chi connectivity index (χ0n) is 14.1. The second-order valence-electron chi connectivity index (χ2n) is 5.83. The van der Waals surface area contributed by atoms with Crippen LogP contribution in [0.1, 0.15) is 51.0 Å². The number of aryl methyl sites for hydroxylation is 1. The molecule has 0 unspecified atom stereocenters. The van der Waals surface area contributed by atoms with Crippen molar-refractivity contribution in [3.05, 3.63) is 29.8 Å². The number of rotatable bonds is 11. The lowest BCUT2D eigenvalue weighted by Gasteiger charge is -2.08. The van der Waals surface area contributed by atoms with Crippen LogP contribution in [0.25, 0.3) is 0 Å². The maximum atomic E-state index is 11.8. The first-order valence-corrected chi connectivity index (χ1v) is 9.92. The van der Waals surface area contributed by atoms with Crippen LogP contribution < -0.4 is 10.0 Å². The molecule has 0 spiro atoms. The van der Waals surface area contributed by atoms with Gasteiger partial charge in [-0.2, -0.15) is 0 Å². The molecule has 1 rings (SSSR count). The molecule has 2 N–H and O–H groups in total. The third-order valence-electron chi connectivity index (χ3n) is 3.52. The predicted octanol–water partition coefficient (Wildman–Crippen LogP) is 3.21. The number of unbranched alkanes of at least 4 members (excludes halogenated alkanes) is 5. The van der Waals surface area contributed by atoms with Crippen LogP contribution in [0.2, 0.25) is 0 Å². The Morgan fingerprint density at radius 1 is 1.09 bits per heavy atom. The first-order valence-electron chi connectivity index (χ1n) is 8.27. The maximum Gasteiger partial charge on any atom is 0.239 e. The van der Waals surface area contributed by atoms with E-state index in [9.17, 15) is 13.2 Å². The molecule has 23 heavy (non-hydrogen) atoms. The van der Waals surface area contributed by atoms with E-state index < -0.39 is 10.0 Å². The quantitative estimate of drug-likeness (QED) is 0.607. The Kier molecular flexibility index (Phi) is 8.87.